The summed E-state index contributed by atoms with van der Waals surface area (Å²) in [4.78, 5) is 11.9. The van der Waals surface area contributed by atoms with Gasteiger partial charge in [0.1, 0.15) is 0 Å². The maximum atomic E-state index is 11.9. The summed E-state index contributed by atoms with van der Waals surface area (Å²) in [6.07, 6.45) is 1.70. The molecular weight excluding hydrogens is 292 g/mol. The highest BCUT2D eigenvalue weighted by atomic mass is 32.2. The molecule has 0 fully saturated rings. The molecule has 0 unspecified atom stereocenters. The third-order valence-electron chi connectivity index (χ3n) is 2.93. The van der Waals surface area contributed by atoms with Crippen molar-refractivity contribution < 1.29 is 13.2 Å². The van der Waals surface area contributed by atoms with Crippen LogP contribution in [0.4, 0.5) is 11.4 Å². The highest BCUT2D eigenvalue weighted by molar-refractivity contribution is 7.88. The molecule has 0 saturated heterocycles. The molecule has 1 amide bonds. The molecule has 1 aromatic carbocycles. The molecule has 0 atom stereocenters. The van der Waals surface area contributed by atoms with Gasteiger partial charge in [-0.3, -0.25) is 4.79 Å². The number of nitrogens with zero attached hydrogens (tertiary/aromatic N) is 1. The molecule has 0 aliphatic rings. The van der Waals surface area contributed by atoms with E-state index >= 15 is 0 Å². The number of amides is 1. The fourth-order valence-corrected chi connectivity index (χ4v) is 2.86. The molecule has 0 radical (unpaired) electrons. The van der Waals surface area contributed by atoms with E-state index in [-0.39, 0.29) is 5.91 Å². The molecule has 0 bridgehead atoms. The van der Waals surface area contributed by atoms with Gasteiger partial charge in [-0.25, -0.2) is 12.7 Å². The molecule has 7 nitrogen and oxygen atoms in total. The Balaban J connectivity index is 2.47. The zero-order valence-electron chi connectivity index (χ0n) is 12.3. The maximum absolute atomic E-state index is 11.9. The Kier molecular flexibility index (Phi) is 5.98. The van der Waals surface area contributed by atoms with Crippen LogP contribution in [0, 0.1) is 0 Å². The molecule has 8 heteroatoms. The van der Waals surface area contributed by atoms with Crippen molar-refractivity contribution in [3.05, 3.63) is 23.8 Å². The second-order valence-corrected chi connectivity index (χ2v) is 6.73. The number of benzene rings is 1. The third kappa shape index (κ3) is 5.60. The predicted molar refractivity (Wildman–Crippen MR) is 84.3 cm³/mol. The second-order valence-electron chi connectivity index (χ2n) is 4.75. The van der Waals surface area contributed by atoms with E-state index in [9.17, 15) is 13.2 Å². The molecule has 5 N–H and O–H groups in total. The summed E-state index contributed by atoms with van der Waals surface area (Å²) >= 11 is 0. The lowest BCUT2D eigenvalue weighted by atomic mass is 10.1. The minimum atomic E-state index is -3.19. The Morgan fingerprint density at radius 2 is 1.81 bits per heavy atom. The number of anilines is 2. The standard InChI is InChI=1S/C13H22N4O3S/c1-3-17(21(2,19)20)6-4-5-16-13(18)10-7-11(14)9-12(15)8-10/h7-9H,3-6,14-15H2,1-2H3,(H,16,18). The van der Waals surface area contributed by atoms with Crippen LogP contribution in [0.15, 0.2) is 18.2 Å². The van der Waals surface area contributed by atoms with E-state index in [0.717, 1.165) is 0 Å². The van der Waals surface area contributed by atoms with E-state index < -0.39 is 10.0 Å². The monoisotopic (exact) mass is 314 g/mol. The van der Waals surface area contributed by atoms with Gasteiger partial charge in [-0.15, -0.1) is 0 Å². The van der Waals surface area contributed by atoms with Gasteiger partial charge >= 0.3 is 0 Å². The predicted octanol–water partition coefficient (Wildman–Crippen LogP) is 0.252. The Hall–Kier alpha value is -1.80. The molecule has 0 aliphatic carbocycles. The normalized spacial score (nSPS) is 11.6. The summed E-state index contributed by atoms with van der Waals surface area (Å²) in [6, 6.07) is 4.66. The van der Waals surface area contributed by atoms with Crippen LogP contribution in [-0.2, 0) is 10.0 Å². The van der Waals surface area contributed by atoms with Crippen LogP contribution in [0.25, 0.3) is 0 Å². The highest BCUT2D eigenvalue weighted by Gasteiger charge is 2.13. The Bertz CT molecular complexity index is 581. The number of nitrogens with two attached hydrogens (primary N) is 2. The largest absolute Gasteiger partial charge is 0.399 e. The summed E-state index contributed by atoms with van der Waals surface area (Å²) in [6.45, 7) is 2.93. The molecule has 0 spiro atoms. The first-order chi connectivity index (χ1) is 9.74. The van der Waals surface area contributed by atoms with Crippen LogP contribution in [0.1, 0.15) is 23.7 Å². The Morgan fingerprint density at radius 1 is 1.24 bits per heavy atom. The summed E-state index contributed by atoms with van der Waals surface area (Å²) in [5.41, 5.74) is 12.5. The van der Waals surface area contributed by atoms with Gasteiger partial charge in [-0.05, 0) is 24.6 Å². The minimum absolute atomic E-state index is 0.281. The zero-order valence-corrected chi connectivity index (χ0v) is 13.1. The van der Waals surface area contributed by atoms with E-state index in [1.165, 1.54) is 10.6 Å². The number of hydrogen-bond donors (Lipinski definition) is 3. The maximum Gasteiger partial charge on any atom is 0.251 e. The number of rotatable bonds is 7. The van der Waals surface area contributed by atoms with Gasteiger partial charge in [0.15, 0.2) is 0 Å². The van der Waals surface area contributed by atoms with Crippen LogP contribution in [0.5, 0.6) is 0 Å². The van der Waals surface area contributed by atoms with Crippen LogP contribution in [0.2, 0.25) is 0 Å². The first-order valence-electron chi connectivity index (χ1n) is 6.63. The Labute approximate surface area is 125 Å². The minimum Gasteiger partial charge on any atom is -0.399 e. The van der Waals surface area contributed by atoms with Gasteiger partial charge in [0, 0.05) is 36.6 Å². The summed E-state index contributed by atoms with van der Waals surface area (Å²) in [5.74, 6) is -0.281. The SMILES string of the molecule is CCN(CCCNC(=O)c1cc(N)cc(N)c1)S(C)(=O)=O. The van der Waals surface area contributed by atoms with Gasteiger partial charge < -0.3 is 16.8 Å². The summed E-state index contributed by atoms with van der Waals surface area (Å²) < 4.78 is 24.2. The summed E-state index contributed by atoms with van der Waals surface area (Å²) in [7, 11) is -3.19. The van der Waals surface area contributed by atoms with E-state index in [4.69, 9.17) is 11.5 Å². The number of nitrogens with one attached hydrogen (secondary N) is 1. The van der Waals surface area contributed by atoms with E-state index in [2.05, 4.69) is 5.32 Å². The number of carbonyl (C=O) groups excluding carboxylic acids is 1. The van der Waals surface area contributed by atoms with Crippen molar-refractivity contribution in [1.29, 1.82) is 0 Å². The van der Waals surface area contributed by atoms with Gasteiger partial charge in [-0.2, -0.15) is 0 Å². The van der Waals surface area contributed by atoms with E-state index in [1.54, 1.807) is 25.1 Å². The molecule has 21 heavy (non-hydrogen) atoms. The van der Waals surface area contributed by atoms with Crippen molar-refractivity contribution in [3.63, 3.8) is 0 Å². The van der Waals surface area contributed by atoms with Gasteiger partial charge in [0.05, 0.1) is 6.26 Å². The fourth-order valence-electron chi connectivity index (χ4n) is 1.93. The second kappa shape index (κ2) is 7.28. The lowest BCUT2D eigenvalue weighted by Gasteiger charge is -2.17. The van der Waals surface area contributed by atoms with Crippen LogP contribution < -0.4 is 16.8 Å². The molecule has 0 heterocycles. The lowest BCUT2D eigenvalue weighted by Crippen LogP contribution is -2.33. The van der Waals surface area contributed by atoms with Crippen LogP contribution in [0.3, 0.4) is 0 Å². The number of hydrogen-bond acceptors (Lipinski definition) is 5. The molecule has 0 aromatic heterocycles. The van der Waals surface area contributed by atoms with Crippen molar-refractivity contribution in [2.75, 3.05) is 37.4 Å². The fraction of sp³-hybridized carbons (Fsp3) is 0.462. The van der Waals surface area contributed by atoms with Crippen molar-refractivity contribution in [2.45, 2.75) is 13.3 Å². The number of nitrogen functional groups attached to an aromatic ring is 2. The van der Waals surface area contributed by atoms with Gasteiger partial charge in [0.2, 0.25) is 10.0 Å². The van der Waals surface area contributed by atoms with Gasteiger partial charge in [0.25, 0.3) is 5.91 Å². The molecule has 0 aliphatic heterocycles. The quantitative estimate of drug-likeness (QED) is 0.492. The highest BCUT2D eigenvalue weighted by Crippen LogP contribution is 2.13. The molecular formula is C13H22N4O3S. The first-order valence-corrected chi connectivity index (χ1v) is 8.48. The van der Waals surface area contributed by atoms with Crippen LogP contribution >= 0.6 is 0 Å². The summed E-state index contributed by atoms with van der Waals surface area (Å²) in [5, 5.41) is 2.71. The van der Waals surface area contributed by atoms with E-state index in [1.807, 2.05) is 0 Å². The average molecular weight is 314 g/mol. The van der Waals surface area contributed by atoms with Crippen molar-refractivity contribution in [2.24, 2.45) is 0 Å². The van der Waals surface area contributed by atoms with Crippen molar-refractivity contribution in [1.82, 2.24) is 9.62 Å². The zero-order chi connectivity index (χ0) is 16.0. The van der Waals surface area contributed by atoms with Crippen molar-refractivity contribution >= 4 is 27.3 Å². The molecule has 1 rings (SSSR count). The smallest absolute Gasteiger partial charge is 0.251 e. The lowest BCUT2D eigenvalue weighted by molar-refractivity contribution is 0.0953. The van der Waals surface area contributed by atoms with E-state index in [0.29, 0.717) is 43.0 Å². The van der Waals surface area contributed by atoms with Gasteiger partial charge in [-0.1, -0.05) is 6.92 Å². The first kappa shape index (κ1) is 17.3. The topological polar surface area (TPSA) is 119 Å². The molecule has 0 saturated carbocycles. The van der Waals surface area contributed by atoms with Crippen LogP contribution in [-0.4, -0.2) is 44.5 Å². The van der Waals surface area contributed by atoms with Crippen molar-refractivity contribution in [3.8, 4) is 0 Å². The third-order valence-corrected chi connectivity index (χ3v) is 4.31. The number of carbonyl (C=O) groups is 1. The Morgan fingerprint density at radius 3 is 2.29 bits per heavy atom. The average Bonchev–Trinajstić information content (AvgIpc) is 2.35. The number of sulfonamides is 1. The molecule has 118 valence electrons. The molecule has 1 aromatic rings.